The Morgan fingerprint density at radius 2 is 1.94 bits per heavy atom. The molecule has 1 aromatic heterocycles. The molecule has 18 heavy (non-hydrogen) atoms. The van der Waals surface area contributed by atoms with E-state index in [1.54, 1.807) is 11.8 Å². The zero-order valence-electron chi connectivity index (χ0n) is 10.1. The number of ether oxygens (including phenoxy) is 1. The Bertz CT molecular complexity index is 534. The molecule has 0 radical (unpaired) electrons. The lowest BCUT2D eigenvalue weighted by Gasteiger charge is -2.05. The Balaban J connectivity index is 2.40. The number of hydrogen-bond acceptors (Lipinski definition) is 5. The second-order valence-corrected chi connectivity index (χ2v) is 3.83. The quantitative estimate of drug-likeness (QED) is 0.735. The highest BCUT2D eigenvalue weighted by molar-refractivity contribution is 5.58. The van der Waals surface area contributed by atoms with Crippen molar-refractivity contribution in [1.82, 2.24) is 9.78 Å². The second-order valence-electron chi connectivity index (χ2n) is 3.83. The number of benzene rings is 1. The van der Waals surface area contributed by atoms with Gasteiger partial charge in [0.05, 0.1) is 12.8 Å². The average Bonchev–Trinajstić information content (AvgIpc) is 2.67. The summed E-state index contributed by atoms with van der Waals surface area (Å²) in [5.74, 6) is 1.55. The smallest absolute Gasteiger partial charge is 0.151 e. The van der Waals surface area contributed by atoms with Gasteiger partial charge in [0.1, 0.15) is 11.6 Å². The van der Waals surface area contributed by atoms with Crippen molar-refractivity contribution in [1.29, 1.82) is 0 Å². The lowest BCUT2D eigenvalue weighted by molar-refractivity contribution is 0.300. The van der Waals surface area contributed by atoms with Crippen molar-refractivity contribution in [3.63, 3.8) is 0 Å². The minimum Gasteiger partial charge on any atom is -0.497 e. The molecular weight excluding hydrogens is 232 g/mol. The molecule has 0 aliphatic heterocycles. The summed E-state index contributed by atoms with van der Waals surface area (Å²) in [5.41, 5.74) is 13.2. The Kier molecular flexibility index (Phi) is 3.38. The van der Waals surface area contributed by atoms with Gasteiger partial charge in [0.15, 0.2) is 5.82 Å². The van der Waals surface area contributed by atoms with E-state index >= 15 is 0 Å². The van der Waals surface area contributed by atoms with E-state index in [-0.39, 0.29) is 6.61 Å². The van der Waals surface area contributed by atoms with Gasteiger partial charge in [-0.3, -0.25) is 0 Å². The van der Waals surface area contributed by atoms with Gasteiger partial charge < -0.3 is 21.3 Å². The van der Waals surface area contributed by atoms with E-state index in [4.69, 9.17) is 21.3 Å². The maximum Gasteiger partial charge on any atom is 0.151 e. The van der Waals surface area contributed by atoms with Crippen LogP contribution >= 0.6 is 0 Å². The fraction of sp³-hybridized carbons (Fsp3) is 0.250. The van der Waals surface area contributed by atoms with Gasteiger partial charge in [0.2, 0.25) is 0 Å². The van der Waals surface area contributed by atoms with E-state index in [2.05, 4.69) is 5.10 Å². The molecular formula is C12H16N4O2. The van der Waals surface area contributed by atoms with Gasteiger partial charge >= 0.3 is 0 Å². The highest BCUT2D eigenvalue weighted by atomic mass is 16.5. The van der Waals surface area contributed by atoms with E-state index in [1.807, 2.05) is 24.3 Å². The summed E-state index contributed by atoms with van der Waals surface area (Å²) in [6.45, 7) is -0.0112. The van der Waals surface area contributed by atoms with E-state index < -0.39 is 0 Å². The molecule has 0 atom stereocenters. The zero-order chi connectivity index (χ0) is 13.1. The van der Waals surface area contributed by atoms with Gasteiger partial charge in [0, 0.05) is 18.6 Å². The van der Waals surface area contributed by atoms with Crippen LogP contribution in [-0.4, -0.2) is 28.6 Å². The molecule has 0 saturated carbocycles. The van der Waals surface area contributed by atoms with Crippen LogP contribution in [0, 0.1) is 0 Å². The molecule has 0 spiro atoms. The number of nitrogen functional groups attached to an aromatic ring is 2. The van der Waals surface area contributed by atoms with Crippen molar-refractivity contribution < 1.29 is 9.84 Å². The third-order valence-electron chi connectivity index (χ3n) is 2.73. The molecule has 1 heterocycles. The van der Waals surface area contributed by atoms with Crippen LogP contribution in [-0.2, 0) is 6.42 Å². The lowest BCUT2D eigenvalue weighted by Crippen LogP contribution is -2.03. The zero-order valence-corrected chi connectivity index (χ0v) is 10.1. The molecule has 0 aliphatic rings. The van der Waals surface area contributed by atoms with Crippen molar-refractivity contribution in [2.75, 3.05) is 25.2 Å². The maximum absolute atomic E-state index is 8.95. The van der Waals surface area contributed by atoms with Crippen molar-refractivity contribution in [2.45, 2.75) is 6.42 Å². The Hall–Kier alpha value is -2.21. The van der Waals surface area contributed by atoms with Crippen molar-refractivity contribution >= 4 is 11.6 Å². The highest BCUT2D eigenvalue weighted by Gasteiger charge is 2.13. The summed E-state index contributed by atoms with van der Waals surface area (Å²) in [7, 11) is 1.61. The first-order valence-electron chi connectivity index (χ1n) is 5.55. The Labute approximate surface area is 105 Å². The van der Waals surface area contributed by atoms with E-state index in [0.29, 0.717) is 23.6 Å². The maximum atomic E-state index is 8.95. The van der Waals surface area contributed by atoms with Gasteiger partial charge in [-0.15, -0.1) is 5.10 Å². The summed E-state index contributed by atoms with van der Waals surface area (Å²) in [6.07, 6.45) is 0.397. The number of methoxy groups -OCH3 is 1. The minimum absolute atomic E-state index is 0.0112. The molecule has 6 heteroatoms. The van der Waals surface area contributed by atoms with Crippen molar-refractivity contribution in [3.8, 4) is 11.4 Å². The second kappa shape index (κ2) is 4.97. The van der Waals surface area contributed by atoms with Crippen LogP contribution in [0.4, 0.5) is 11.6 Å². The summed E-state index contributed by atoms with van der Waals surface area (Å²) >= 11 is 0. The summed E-state index contributed by atoms with van der Waals surface area (Å²) in [6, 6.07) is 7.31. The number of aliphatic hydroxyl groups is 1. The van der Waals surface area contributed by atoms with Crippen LogP contribution < -0.4 is 16.2 Å². The predicted molar refractivity (Wildman–Crippen MR) is 69.7 cm³/mol. The third-order valence-corrected chi connectivity index (χ3v) is 2.73. The Morgan fingerprint density at radius 3 is 2.50 bits per heavy atom. The molecule has 0 bridgehead atoms. The number of aromatic nitrogens is 2. The number of nitrogens with zero attached hydrogens (tertiary/aromatic N) is 2. The number of anilines is 2. The predicted octanol–water partition coefficient (Wildman–Crippen LogP) is 0.580. The largest absolute Gasteiger partial charge is 0.497 e. The molecule has 2 rings (SSSR count). The molecule has 1 aromatic carbocycles. The number of hydrogen-bond donors (Lipinski definition) is 3. The molecule has 5 N–H and O–H groups in total. The van der Waals surface area contributed by atoms with Gasteiger partial charge in [-0.25, -0.2) is 4.68 Å². The minimum atomic E-state index is -0.0112. The van der Waals surface area contributed by atoms with Gasteiger partial charge in [-0.1, -0.05) is 0 Å². The first-order valence-corrected chi connectivity index (χ1v) is 5.55. The van der Waals surface area contributed by atoms with Crippen LogP contribution in [0.25, 0.3) is 5.69 Å². The van der Waals surface area contributed by atoms with Crippen LogP contribution in [0.1, 0.15) is 5.56 Å². The standard InChI is InChI=1S/C12H16N4O2/c1-18-9-4-2-8(3-5-9)16-12(14)10(6-7-17)11(13)15-16/h2-5,17H,6-7,14H2,1H3,(H2,13,15). The SMILES string of the molecule is COc1ccc(-n2nc(N)c(CCO)c2N)cc1. The topological polar surface area (TPSA) is 99.3 Å². The van der Waals surface area contributed by atoms with Gasteiger partial charge in [-0.2, -0.15) is 0 Å². The van der Waals surface area contributed by atoms with Crippen LogP contribution in [0.5, 0.6) is 5.75 Å². The number of aliphatic hydroxyl groups excluding tert-OH is 1. The average molecular weight is 248 g/mol. The van der Waals surface area contributed by atoms with Crippen LogP contribution in [0.3, 0.4) is 0 Å². The molecule has 96 valence electrons. The third kappa shape index (κ3) is 2.10. The van der Waals surface area contributed by atoms with Gasteiger partial charge in [-0.05, 0) is 24.3 Å². The molecule has 0 saturated heterocycles. The monoisotopic (exact) mass is 248 g/mol. The fourth-order valence-electron chi connectivity index (χ4n) is 1.77. The van der Waals surface area contributed by atoms with E-state index in [9.17, 15) is 0 Å². The number of nitrogens with two attached hydrogens (primary N) is 2. The molecule has 6 nitrogen and oxygen atoms in total. The molecule has 2 aromatic rings. The first kappa shape index (κ1) is 12.3. The van der Waals surface area contributed by atoms with E-state index in [1.165, 1.54) is 0 Å². The number of rotatable bonds is 4. The Morgan fingerprint density at radius 1 is 1.28 bits per heavy atom. The lowest BCUT2D eigenvalue weighted by atomic mass is 10.2. The van der Waals surface area contributed by atoms with Crippen molar-refractivity contribution in [3.05, 3.63) is 29.8 Å². The van der Waals surface area contributed by atoms with Crippen LogP contribution in [0.2, 0.25) is 0 Å². The molecule has 0 fully saturated rings. The summed E-state index contributed by atoms with van der Waals surface area (Å²) < 4.78 is 6.64. The molecule has 0 amide bonds. The summed E-state index contributed by atoms with van der Waals surface area (Å²) in [5, 5.41) is 13.1. The van der Waals surface area contributed by atoms with Crippen LogP contribution in [0.15, 0.2) is 24.3 Å². The molecule has 0 unspecified atom stereocenters. The molecule has 0 aliphatic carbocycles. The van der Waals surface area contributed by atoms with Crippen molar-refractivity contribution in [2.24, 2.45) is 0 Å². The first-order chi connectivity index (χ1) is 8.67. The van der Waals surface area contributed by atoms with Gasteiger partial charge in [0.25, 0.3) is 0 Å². The highest BCUT2D eigenvalue weighted by Crippen LogP contribution is 2.24. The summed E-state index contributed by atoms with van der Waals surface area (Å²) in [4.78, 5) is 0. The van der Waals surface area contributed by atoms with E-state index in [0.717, 1.165) is 11.4 Å². The fourth-order valence-corrected chi connectivity index (χ4v) is 1.77. The normalized spacial score (nSPS) is 10.6.